The molecule has 0 radical (unpaired) electrons. The number of alkyl halides is 3. The van der Waals surface area contributed by atoms with Crippen LogP contribution in [0.1, 0.15) is 11.1 Å². The summed E-state index contributed by atoms with van der Waals surface area (Å²) in [7, 11) is 0. The molecule has 21 heavy (non-hydrogen) atoms. The number of amides is 2. The topological polar surface area (TPSA) is 82.9 Å². The number of nitrogens with one attached hydrogen (secondary N) is 2. The third kappa shape index (κ3) is 3.44. The SMILES string of the molecule is O=C1NN=CC1C(=O)N/N=C/c1ccccc1C(F)(F)F. The molecule has 0 saturated heterocycles. The number of rotatable bonds is 3. The molecule has 1 aliphatic heterocycles. The van der Waals surface area contributed by atoms with Crippen LogP contribution in [0.2, 0.25) is 0 Å². The van der Waals surface area contributed by atoms with E-state index in [2.05, 4.69) is 15.6 Å². The molecule has 2 amide bonds. The van der Waals surface area contributed by atoms with Gasteiger partial charge in [-0.2, -0.15) is 23.4 Å². The van der Waals surface area contributed by atoms with Crippen molar-refractivity contribution in [2.75, 3.05) is 0 Å². The van der Waals surface area contributed by atoms with E-state index in [4.69, 9.17) is 0 Å². The zero-order valence-electron chi connectivity index (χ0n) is 10.4. The molecule has 0 fully saturated rings. The van der Waals surface area contributed by atoms with Crippen molar-refractivity contribution < 1.29 is 22.8 Å². The van der Waals surface area contributed by atoms with Crippen molar-refractivity contribution in [1.82, 2.24) is 10.9 Å². The summed E-state index contributed by atoms with van der Waals surface area (Å²) >= 11 is 0. The minimum atomic E-state index is -4.52. The minimum Gasteiger partial charge on any atom is -0.272 e. The van der Waals surface area contributed by atoms with E-state index in [1.165, 1.54) is 18.2 Å². The lowest BCUT2D eigenvalue weighted by molar-refractivity contribution is -0.137. The predicted molar refractivity (Wildman–Crippen MR) is 67.3 cm³/mol. The first-order valence-corrected chi connectivity index (χ1v) is 5.72. The highest BCUT2D eigenvalue weighted by atomic mass is 19.4. The van der Waals surface area contributed by atoms with Gasteiger partial charge in [-0.1, -0.05) is 18.2 Å². The first-order valence-electron chi connectivity index (χ1n) is 5.72. The Morgan fingerprint density at radius 2 is 2.10 bits per heavy atom. The average molecular weight is 298 g/mol. The molecule has 0 aromatic heterocycles. The lowest BCUT2D eigenvalue weighted by Gasteiger charge is -2.09. The standard InChI is InChI=1S/C12H9F3N4O2/c13-12(14,15)9-4-2-1-3-7(9)5-16-18-10(20)8-6-17-19-11(8)21/h1-6,8H,(H,18,20)(H,19,21)/b16-5+. The molecule has 0 bridgehead atoms. The molecule has 1 aromatic carbocycles. The molecule has 2 rings (SSSR count). The lowest BCUT2D eigenvalue weighted by atomic mass is 10.1. The fourth-order valence-corrected chi connectivity index (χ4v) is 1.60. The second-order valence-electron chi connectivity index (χ2n) is 4.05. The molecule has 9 heteroatoms. The molecule has 0 spiro atoms. The van der Waals surface area contributed by atoms with Gasteiger partial charge in [-0.15, -0.1) is 0 Å². The van der Waals surface area contributed by atoms with Gasteiger partial charge in [0.05, 0.1) is 11.8 Å². The maximum absolute atomic E-state index is 12.7. The Balaban J connectivity index is 2.07. The molecule has 6 nitrogen and oxygen atoms in total. The quantitative estimate of drug-likeness (QED) is 0.493. The van der Waals surface area contributed by atoms with Gasteiger partial charge in [0, 0.05) is 11.8 Å². The number of nitrogens with zero attached hydrogens (tertiary/aromatic N) is 2. The van der Waals surface area contributed by atoms with Crippen LogP contribution in [0, 0.1) is 5.92 Å². The van der Waals surface area contributed by atoms with Gasteiger partial charge < -0.3 is 0 Å². The molecule has 1 aliphatic rings. The number of halogens is 3. The van der Waals surface area contributed by atoms with Crippen LogP contribution in [-0.4, -0.2) is 24.2 Å². The molecule has 1 aromatic rings. The van der Waals surface area contributed by atoms with Gasteiger partial charge in [0.25, 0.3) is 11.8 Å². The van der Waals surface area contributed by atoms with Gasteiger partial charge in [0.15, 0.2) is 5.92 Å². The van der Waals surface area contributed by atoms with E-state index < -0.39 is 29.5 Å². The zero-order chi connectivity index (χ0) is 15.5. The molecular formula is C12H9F3N4O2. The third-order valence-electron chi connectivity index (χ3n) is 2.61. The van der Waals surface area contributed by atoms with E-state index in [1.54, 1.807) is 0 Å². The van der Waals surface area contributed by atoms with Crippen LogP contribution in [-0.2, 0) is 15.8 Å². The first-order chi connectivity index (χ1) is 9.89. The fourth-order valence-electron chi connectivity index (χ4n) is 1.60. The predicted octanol–water partition coefficient (Wildman–Crippen LogP) is 0.887. The Bertz CT molecular complexity index is 625. The second-order valence-corrected chi connectivity index (χ2v) is 4.05. The van der Waals surface area contributed by atoms with Crippen LogP contribution < -0.4 is 10.9 Å². The van der Waals surface area contributed by atoms with Crippen LogP contribution in [0.15, 0.2) is 34.5 Å². The maximum atomic E-state index is 12.7. The van der Waals surface area contributed by atoms with Crippen LogP contribution in [0.3, 0.4) is 0 Å². The van der Waals surface area contributed by atoms with E-state index in [0.717, 1.165) is 18.5 Å². The van der Waals surface area contributed by atoms with E-state index in [0.29, 0.717) is 0 Å². The van der Waals surface area contributed by atoms with Gasteiger partial charge in [-0.25, -0.2) is 10.9 Å². The average Bonchev–Trinajstić information content (AvgIpc) is 2.84. The summed E-state index contributed by atoms with van der Waals surface area (Å²) < 4.78 is 38.1. The van der Waals surface area contributed by atoms with Crippen LogP contribution in [0.5, 0.6) is 0 Å². The van der Waals surface area contributed by atoms with Crippen molar-refractivity contribution in [2.45, 2.75) is 6.18 Å². The summed E-state index contributed by atoms with van der Waals surface area (Å²) in [5.41, 5.74) is 2.98. The Kier molecular flexibility index (Phi) is 4.01. The molecule has 110 valence electrons. The van der Waals surface area contributed by atoms with Gasteiger partial charge in [0.2, 0.25) is 0 Å². The third-order valence-corrected chi connectivity index (χ3v) is 2.61. The van der Waals surface area contributed by atoms with E-state index in [-0.39, 0.29) is 5.56 Å². The summed E-state index contributed by atoms with van der Waals surface area (Å²) in [6, 6.07) is 4.77. The molecule has 1 atom stereocenters. The summed E-state index contributed by atoms with van der Waals surface area (Å²) in [5, 5.41) is 6.82. The maximum Gasteiger partial charge on any atom is 0.417 e. The van der Waals surface area contributed by atoms with Crippen molar-refractivity contribution in [3.8, 4) is 0 Å². The Hall–Kier alpha value is -2.71. The van der Waals surface area contributed by atoms with Crippen molar-refractivity contribution in [3.05, 3.63) is 35.4 Å². The summed E-state index contributed by atoms with van der Waals surface area (Å²) in [6.45, 7) is 0. The second kappa shape index (κ2) is 5.73. The molecule has 1 heterocycles. The fraction of sp³-hybridized carbons (Fsp3) is 0.167. The lowest BCUT2D eigenvalue weighted by Crippen LogP contribution is -2.34. The Labute approximate surface area is 116 Å². The van der Waals surface area contributed by atoms with Gasteiger partial charge >= 0.3 is 6.18 Å². The smallest absolute Gasteiger partial charge is 0.272 e. The normalized spacial score (nSPS) is 18.0. The summed E-state index contributed by atoms with van der Waals surface area (Å²) in [4.78, 5) is 22.7. The van der Waals surface area contributed by atoms with E-state index in [9.17, 15) is 22.8 Å². The van der Waals surface area contributed by atoms with Crippen molar-refractivity contribution in [2.24, 2.45) is 16.1 Å². The molecule has 1 unspecified atom stereocenters. The van der Waals surface area contributed by atoms with Gasteiger partial charge in [-0.3, -0.25) is 9.59 Å². The summed E-state index contributed by atoms with van der Waals surface area (Å²) in [6.07, 6.45) is -2.58. The molecule has 0 saturated carbocycles. The van der Waals surface area contributed by atoms with Crippen molar-refractivity contribution in [3.63, 3.8) is 0 Å². The number of carbonyl (C=O) groups is 2. The molecule has 2 N–H and O–H groups in total. The Morgan fingerprint density at radius 3 is 2.71 bits per heavy atom. The molecule has 0 aliphatic carbocycles. The van der Waals surface area contributed by atoms with Crippen molar-refractivity contribution >= 4 is 24.2 Å². The number of hydrogen-bond donors (Lipinski definition) is 2. The summed E-state index contributed by atoms with van der Waals surface area (Å²) in [5.74, 6) is -2.55. The highest BCUT2D eigenvalue weighted by Gasteiger charge is 2.32. The highest BCUT2D eigenvalue weighted by Crippen LogP contribution is 2.30. The van der Waals surface area contributed by atoms with Crippen LogP contribution in [0.4, 0.5) is 13.2 Å². The van der Waals surface area contributed by atoms with E-state index >= 15 is 0 Å². The number of hydrogen-bond acceptors (Lipinski definition) is 4. The first kappa shape index (κ1) is 14.7. The Morgan fingerprint density at radius 1 is 1.38 bits per heavy atom. The van der Waals surface area contributed by atoms with E-state index in [1.807, 2.05) is 5.43 Å². The number of carbonyl (C=O) groups excluding carboxylic acids is 2. The highest BCUT2D eigenvalue weighted by molar-refractivity contribution is 6.15. The molecular weight excluding hydrogens is 289 g/mol. The number of hydrazone groups is 2. The zero-order valence-corrected chi connectivity index (χ0v) is 10.4. The largest absolute Gasteiger partial charge is 0.417 e. The van der Waals surface area contributed by atoms with Crippen molar-refractivity contribution in [1.29, 1.82) is 0 Å². The van der Waals surface area contributed by atoms with Crippen LogP contribution in [0.25, 0.3) is 0 Å². The minimum absolute atomic E-state index is 0.199. The number of benzene rings is 1. The monoisotopic (exact) mass is 298 g/mol. The van der Waals surface area contributed by atoms with Gasteiger partial charge in [0.1, 0.15) is 0 Å². The van der Waals surface area contributed by atoms with Gasteiger partial charge in [-0.05, 0) is 6.07 Å². The van der Waals surface area contributed by atoms with Crippen LogP contribution >= 0.6 is 0 Å².